The van der Waals surface area contributed by atoms with Gasteiger partial charge >= 0.3 is 0 Å². The van der Waals surface area contributed by atoms with Crippen molar-refractivity contribution in [3.05, 3.63) is 12.2 Å². The normalized spacial score (nSPS) is 20.9. The van der Waals surface area contributed by atoms with E-state index in [2.05, 4.69) is 31.3 Å². The lowest BCUT2D eigenvalue weighted by Gasteiger charge is -2.40. The molecule has 8 N–H and O–H groups in total. The van der Waals surface area contributed by atoms with Crippen molar-refractivity contribution < 1.29 is 50.0 Å². The smallest absolute Gasteiger partial charge is 0.249 e. The summed E-state index contributed by atoms with van der Waals surface area (Å²) in [5.41, 5.74) is 0. The highest BCUT2D eigenvalue weighted by Gasteiger charge is 2.44. The molecule has 1 rings (SSSR count). The number of unbranched alkanes of at least 4 members (excludes halogenated alkanes) is 33. The van der Waals surface area contributed by atoms with Gasteiger partial charge in [-0.1, -0.05) is 238 Å². The van der Waals surface area contributed by atoms with E-state index in [4.69, 9.17) is 9.47 Å². The zero-order valence-corrected chi connectivity index (χ0v) is 42.0. The van der Waals surface area contributed by atoms with E-state index in [9.17, 15) is 40.5 Å². The van der Waals surface area contributed by atoms with Crippen LogP contribution < -0.4 is 5.32 Å². The standard InChI is InChI=1S/C54H105NO10/c1-3-5-7-9-11-13-15-16-17-18-19-20-21-22-23-24-25-26-27-28-29-30-31-32-34-35-37-39-41-46(57)49(59)45(44-64-54-52(62)51(61)50(60)48(43-56)65-54)55-53(63)47(58)42-40-38-36-33-14-12-10-8-6-4-2/h10,12,45-52,54,56-62H,3-9,11,13-44H2,1-2H3,(H,55,63)/b12-10-. The van der Waals surface area contributed by atoms with Gasteiger partial charge in [0.15, 0.2) is 6.29 Å². The third-order valence-corrected chi connectivity index (χ3v) is 13.6. The van der Waals surface area contributed by atoms with Crippen LogP contribution in [0.15, 0.2) is 12.2 Å². The number of aliphatic hydroxyl groups excluding tert-OH is 7. The van der Waals surface area contributed by atoms with Crippen molar-refractivity contribution in [3.63, 3.8) is 0 Å². The lowest BCUT2D eigenvalue weighted by atomic mass is 9.98. The average Bonchev–Trinajstić information content (AvgIpc) is 3.31. The van der Waals surface area contributed by atoms with E-state index in [1.807, 2.05) is 0 Å². The van der Waals surface area contributed by atoms with Crippen LogP contribution in [0.2, 0.25) is 0 Å². The Balaban J connectivity index is 2.23. The zero-order chi connectivity index (χ0) is 47.6. The van der Waals surface area contributed by atoms with E-state index in [-0.39, 0.29) is 6.42 Å². The molecule has 0 saturated carbocycles. The highest BCUT2D eigenvalue weighted by Crippen LogP contribution is 2.23. The van der Waals surface area contributed by atoms with Crippen LogP contribution in [-0.4, -0.2) is 110 Å². The number of hydrogen-bond donors (Lipinski definition) is 8. The predicted octanol–water partition coefficient (Wildman–Crippen LogP) is 10.8. The summed E-state index contributed by atoms with van der Waals surface area (Å²) in [6.45, 7) is 3.41. The maximum absolute atomic E-state index is 13.1. The van der Waals surface area contributed by atoms with Crippen LogP contribution >= 0.6 is 0 Å². The first kappa shape index (κ1) is 61.9. The molecule has 0 bridgehead atoms. The Kier molecular flexibility index (Phi) is 42.0. The minimum atomic E-state index is -1.66. The fraction of sp³-hybridized carbons (Fsp3) is 0.944. The van der Waals surface area contributed by atoms with Crippen molar-refractivity contribution in [1.82, 2.24) is 5.32 Å². The monoisotopic (exact) mass is 928 g/mol. The Morgan fingerprint density at radius 1 is 0.523 bits per heavy atom. The summed E-state index contributed by atoms with van der Waals surface area (Å²) in [7, 11) is 0. The molecule has 0 aliphatic carbocycles. The van der Waals surface area contributed by atoms with Crippen molar-refractivity contribution in [2.75, 3.05) is 13.2 Å². The van der Waals surface area contributed by atoms with Crippen molar-refractivity contribution >= 4 is 5.91 Å². The number of amides is 1. The Bertz CT molecular complexity index is 1060. The summed E-state index contributed by atoms with van der Waals surface area (Å²) in [5.74, 6) is -0.705. The van der Waals surface area contributed by atoms with Gasteiger partial charge in [-0.25, -0.2) is 0 Å². The molecule has 1 aliphatic heterocycles. The van der Waals surface area contributed by atoms with Gasteiger partial charge in [-0.05, 0) is 32.1 Å². The second-order valence-electron chi connectivity index (χ2n) is 19.7. The summed E-state index contributed by atoms with van der Waals surface area (Å²) in [4.78, 5) is 13.1. The van der Waals surface area contributed by atoms with Gasteiger partial charge in [-0.15, -0.1) is 0 Å². The maximum atomic E-state index is 13.1. The van der Waals surface area contributed by atoms with Gasteiger partial charge in [-0.3, -0.25) is 4.79 Å². The molecule has 0 aromatic rings. The zero-order valence-electron chi connectivity index (χ0n) is 42.0. The van der Waals surface area contributed by atoms with E-state index < -0.39 is 74.2 Å². The van der Waals surface area contributed by atoms with Crippen LogP contribution in [-0.2, 0) is 14.3 Å². The Labute approximate surface area is 398 Å². The number of aliphatic hydroxyl groups is 7. The Morgan fingerprint density at radius 3 is 1.34 bits per heavy atom. The molecule has 1 amide bonds. The molecular formula is C54H105NO10. The molecule has 1 fully saturated rings. The lowest BCUT2D eigenvalue weighted by Crippen LogP contribution is -2.60. The van der Waals surface area contributed by atoms with Crippen molar-refractivity contribution in [3.8, 4) is 0 Å². The number of allylic oxidation sites excluding steroid dienone is 2. The van der Waals surface area contributed by atoms with Gasteiger partial charge in [-0.2, -0.15) is 0 Å². The molecule has 0 spiro atoms. The number of rotatable bonds is 47. The summed E-state index contributed by atoms with van der Waals surface area (Å²) < 4.78 is 11.1. The van der Waals surface area contributed by atoms with Gasteiger partial charge in [0.05, 0.1) is 25.4 Å². The van der Waals surface area contributed by atoms with E-state index in [1.54, 1.807) is 0 Å². The molecule has 0 aromatic heterocycles. The molecular weight excluding hydrogens is 823 g/mol. The highest BCUT2D eigenvalue weighted by atomic mass is 16.7. The van der Waals surface area contributed by atoms with Gasteiger partial charge in [0, 0.05) is 0 Å². The minimum Gasteiger partial charge on any atom is -0.394 e. The van der Waals surface area contributed by atoms with E-state index in [0.717, 1.165) is 51.4 Å². The third kappa shape index (κ3) is 33.1. The summed E-state index contributed by atoms with van der Waals surface area (Å²) in [6.07, 6.45) is 38.7. The molecule has 9 unspecified atom stereocenters. The van der Waals surface area contributed by atoms with E-state index in [0.29, 0.717) is 19.3 Å². The van der Waals surface area contributed by atoms with Crippen molar-refractivity contribution in [2.24, 2.45) is 0 Å². The first-order chi connectivity index (χ1) is 31.7. The SMILES string of the molecule is CCCC/C=C\CCCCCCC(O)C(=O)NC(COC1OC(CO)C(O)C(O)C1O)C(O)C(O)CCCCCCCCCCCCCCCCCCCCCCCCCCCCCC. The molecule has 11 nitrogen and oxygen atoms in total. The van der Waals surface area contributed by atoms with Gasteiger partial charge in [0.25, 0.3) is 0 Å². The largest absolute Gasteiger partial charge is 0.394 e. The average molecular weight is 928 g/mol. The first-order valence-electron chi connectivity index (χ1n) is 27.6. The van der Waals surface area contributed by atoms with Crippen LogP contribution in [0.4, 0.5) is 0 Å². The third-order valence-electron chi connectivity index (χ3n) is 13.6. The topological polar surface area (TPSA) is 189 Å². The molecule has 65 heavy (non-hydrogen) atoms. The summed E-state index contributed by atoms with van der Waals surface area (Å²) in [5, 5.41) is 75.8. The molecule has 1 heterocycles. The number of carbonyl (C=O) groups is 1. The number of carbonyl (C=O) groups excluding carboxylic acids is 1. The number of nitrogens with one attached hydrogen (secondary N) is 1. The predicted molar refractivity (Wildman–Crippen MR) is 266 cm³/mol. The second-order valence-corrected chi connectivity index (χ2v) is 19.7. The molecule has 9 atom stereocenters. The summed E-state index contributed by atoms with van der Waals surface area (Å²) >= 11 is 0. The number of ether oxygens (including phenoxy) is 2. The van der Waals surface area contributed by atoms with Crippen molar-refractivity contribution in [1.29, 1.82) is 0 Å². The molecule has 386 valence electrons. The lowest BCUT2D eigenvalue weighted by molar-refractivity contribution is -0.303. The van der Waals surface area contributed by atoms with Gasteiger partial charge in [0.2, 0.25) is 5.91 Å². The van der Waals surface area contributed by atoms with E-state index >= 15 is 0 Å². The van der Waals surface area contributed by atoms with Gasteiger partial charge in [0.1, 0.15) is 36.6 Å². The first-order valence-corrected chi connectivity index (χ1v) is 27.6. The molecule has 0 aromatic carbocycles. The fourth-order valence-electron chi connectivity index (χ4n) is 9.01. The summed E-state index contributed by atoms with van der Waals surface area (Å²) in [6, 6.07) is -1.17. The molecule has 0 radical (unpaired) electrons. The maximum Gasteiger partial charge on any atom is 0.249 e. The molecule has 1 aliphatic rings. The van der Waals surface area contributed by atoms with Gasteiger partial charge < -0.3 is 50.5 Å². The molecule has 11 heteroatoms. The second kappa shape index (κ2) is 44.1. The quantitative estimate of drug-likeness (QED) is 0.0215. The molecule has 1 saturated heterocycles. The number of hydrogen-bond acceptors (Lipinski definition) is 10. The fourth-order valence-corrected chi connectivity index (χ4v) is 9.01. The Morgan fingerprint density at radius 2 is 0.908 bits per heavy atom. The van der Waals surface area contributed by atoms with Crippen LogP contribution in [0.1, 0.15) is 258 Å². The Hall–Kier alpha value is -1.15. The minimum absolute atomic E-state index is 0.247. The van der Waals surface area contributed by atoms with Crippen LogP contribution in [0.3, 0.4) is 0 Å². The highest BCUT2D eigenvalue weighted by molar-refractivity contribution is 5.80. The van der Waals surface area contributed by atoms with Crippen molar-refractivity contribution in [2.45, 2.75) is 313 Å². The van der Waals surface area contributed by atoms with Crippen LogP contribution in [0.25, 0.3) is 0 Å². The van der Waals surface area contributed by atoms with Crippen LogP contribution in [0, 0.1) is 0 Å². The van der Waals surface area contributed by atoms with Crippen LogP contribution in [0.5, 0.6) is 0 Å². The van der Waals surface area contributed by atoms with E-state index in [1.165, 1.54) is 167 Å².